The zero-order valence-corrected chi connectivity index (χ0v) is 12.9. The van der Waals surface area contributed by atoms with Crippen molar-refractivity contribution in [1.82, 2.24) is 0 Å². The van der Waals surface area contributed by atoms with Crippen LogP contribution in [0.3, 0.4) is 0 Å². The van der Waals surface area contributed by atoms with Gasteiger partial charge in [0.1, 0.15) is 5.75 Å². The van der Waals surface area contributed by atoms with Crippen molar-refractivity contribution in [2.24, 2.45) is 11.7 Å². The van der Waals surface area contributed by atoms with Crippen molar-refractivity contribution >= 4 is 11.6 Å². The zero-order chi connectivity index (χ0) is 14.4. The zero-order valence-electron chi connectivity index (χ0n) is 12.2. The third-order valence-electron chi connectivity index (χ3n) is 3.36. The molecule has 1 saturated carbocycles. The molecule has 4 heteroatoms. The van der Waals surface area contributed by atoms with Gasteiger partial charge in [0.2, 0.25) is 0 Å². The van der Waals surface area contributed by atoms with Gasteiger partial charge < -0.3 is 15.2 Å². The molecule has 0 spiro atoms. The van der Waals surface area contributed by atoms with E-state index < -0.39 is 0 Å². The van der Waals surface area contributed by atoms with Gasteiger partial charge in [-0.25, -0.2) is 0 Å². The number of hydrogen-bond donors (Lipinski definition) is 1. The minimum Gasteiger partial charge on any atom is -0.492 e. The van der Waals surface area contributed by atoms with E-state index >= 15 is 0 Å². The van der Waals surface area contributed by atoms with E-state index in [9.17, 15) is 0 Å². The van der Waals surface area contributed by atoms with Gasteiger partial charge in [-0.3, -0.25) is 0 Å². The fraction of sp³-hybridized carbons (Fsp3) is 0.625. The summed E-state index contributed by atoms with van der Waals surface area (Å²) in [6, 6.07) is 4.05. The second kappa shape index (κ2) is 7.87. The molecule has 20 heavy (non-hydrogen) atoms. The van der Waals surface area contributed by atoms with E-state index in [1.807, 2.05) is 6.07 Å². The van der Waals surface area contributed by atoms with Gasteiger partial charge in [-0.15, -0.1) is 0 Å². The Morgan fingerprint density at radius 3 is 2.80 bits per heavy atom. The topological polar surface area (TPSA) is 44.5 Å². The molecule has 0 atom stereocenters. The highest BCUT2D eigenvalue weighted by molar-refractivity contribution is 6.32. The second-order valence-corrected chi connectivity index (χ2v) is 5.82. The molecule has 1 aliphatic rings. The Bertz CT molecular complexity index is 433. The molecular formula is C16H24ClNO2. The van der Waals surface area contributed by atoms with Crippen molar-refractivity contribution in [3.05, 3.63) is 28.3 Å². The molecule has 0 amide bonds. The summed E-state index contributed by atoms with van der Waals surface area (Å²) in [5, 5.41) is 0.662. The second-order valence-electron chi connectivity index (χ2n) is 5.41. The molecule has 0 heterocycles. The van der Waals surface area contributed by atoms with Crippen LogP contribution in [0.1, 0.15) is 37.3 Å². The Kier molecular flexibility index (Phi) is 6.14. The molecule has 0 aromatic heterocycles. The van der Waals surface area contributed by atoms with Crippen molar-refractivity contribution in [3.63, 3.8) is 0 Å². The van der Waals surface area contributed by atoms with Crippen LogP contribution in [0.2, 0.25) is 5.02 Å². The highest BCUT2D eigenvalue weighted by Crippen LogP contribution is 2.32. The van der Waals surface area contributed by atoms with Crippen molar-refractivity contribution in [2.75, 3.05) is 19.8 Å². The predicted octanol–water partition coefficient (Wildman–Crippen LogP) is 3.56. The van der Waals surface area contributed by atoms with Crippen molar-refractivity contribution in [1.29, 1.82) is 0 Å². The maximum atomic E-state index is 6.34. The van der Waals surface area contributed by atoms with E-state index in [0.717, 1.165) is 42.2 Å². The SMILES string of the molecule is CCCOc1c(Cl)cc(COCC2CC2)cc1CCN. The first-order valence-corrected chi connectivity index (χ1v) is 7.84. The summed E-state index contributed by atoms with van der Waals surface area (Å²) >= 11 is 6.34. The van der Waals surface area contributed by atoms with Gasteiger partial charge in [-0.2, -0.15) is 0 Å². The summed E-state index contributed by atoms with van der Waals surface area (Å²) in [6.07, 6.45) is 4.35. The van der Waals surface area contributed by atoms with E-state index in [-0.39, 0.29) is 0 Å². The van der Waals surface area contributed by atoms with Crippen LogP contribution in [0.25, 0.3) is 0 Å². The largest absolute Gasteiger partial charge is 0.492 e. The average molecular weight is 298 g/mol. The van der Waals surface area contributed by atoms with Gasteiger partial charge in [0, 0.05) is 6.61 Å². The highest BCUT2D eigenvalue weighted by Gasteiger charge is 2.21. The number of ether oxygens (including phenoxy) is 2. The normalized spacial score (nSPS) is 14.6. The Morgan fingerprint density at radius 1 is 1.35 bits per heavy atom. The van der Waals surface area contributed by atoms with Crippen LogP contribution in [-0.4, -0.2) is 19.8 Å². The van der Waals surface area contributed by atoms with Crippen molar-refractivity contribution in [2.45, 2.75) is 39.2 Å². The molecule has 0 saturated heterocycles. The number of rotatable bonds is 9. The van der Waals surface area contributed by atoms with Crippen molar-refractivity contribution < 1.29 is 9.47 Å². The van der Waals surface area contributed by atoms with Gasteiger partial charge in [0.05, 0.1) is 18.2 Å². The number of nitrogens with two attached hydrogens (primary N) is 1. The summed E-state index contributed by atoms with van der Waals surface area (Å²) in [6.45, 7) is 4.82. The fourth-order valence-corrected chi connectivity index (χ4v) is 2.45. The number of benzene rings is 1. The van der Waals surface area contributed by atoms with E-state index in [0.29, 0.717) is 24.8 Å². The highest BCUT2D eigenvalue weighted by atomic mass is 35.5. The Labute approximate surface area is 126 Å². The lowest BCUT2D eigenvalue weighted by Crippen LogP contribution is -2.07. The summed E-state index contributed by atoms with van der Waals surface area (Å²) in [5.74, 6) is 1.56. The van der Waals surface area contributed by atoms with Crippen LogP contribution in [0.5, 0.6) is 5.75 Å². The monoisotopic (exact) mass is 297 g/mol. The quantitative estimate of drug-likeness (QED) is 0.758. The first-order chi connectivity index (χ1) is 9.74. The Balaban J connectivity index is 2.04. The minimum atomic E-state index is 0.588. The van der Waals surface area contributed by atoms with Gasteiger partial charge >= 0.3 is 0 Å². The third-order valence-corrected chi connectivity index (χ3v) is 3.64. The number of hydrogen-bond acceptors (Lipinski definition) is 3. The minimum absolute atomic E-state index is 0.588. The Hall–Kier alpha value is -0.770. The van der Waals surface area contributed by atoms with E-state index in [2.05, 4.69) is 13.0 Å². The molecule has 112 valence electrons. The Morgan fingerprint density at radius 2 is 2.15 bits per heavy atom. The molecule has 3 nitrogen and oxygen atoms in total. The lowest BCUT2D eigenvalue weighted by atomic mass is 10.1. The molecule has 1 aromatic carbocycles. The molecule has 0 unspecified atom stereocenters. The maximum absolute atomic E-state index is 6.34. The molecule has 1 fully saturated rings. The van der Waals surface area contributed by atoms with E-state index in [1.54, 1.807) is 0 Å². The summed E-state index contributed by atoms with van der Waals surface area (Å²) in [7, 11) is 0. The van der Waals surface area contributed by atoms with Crippen LogP contribution in [0, 0.1) is 5.92 Å². The lowest BCUT2D eigenvalue weighted by molar-refractivity contribution is 0.111. The summed E-state index contributed by atoms with van der Waals surface area (Å²) < 4.78 is 11.5. The first kappa shape index (κ1) is 15.6. The van der Waals surface area contributed by atoms with Gasteiger partial charge in [-0.1, -0.05) is 18.5 Å². The number of halogens is 1. The predicted molar refractivity (Wildman–Crippen MR) is 82.4 cm³/mol. The van der Waals surface area contributed by atoms with Crippen LogP contribution < -0.4 is 10.5 Å². The van der Waals surface area contributed by atoms with Crippen LogP contribution >= 0.6 is 11.6 Å². The van der Waals surface area contributed by atoms with E-state index in [4.69, 9.17) is 26.8 Å². The molecular weight excluding hydrogens is 274 g/mol. The third kappa shape index (κ3) is 4.65. The molecule has 0 bridgehead atoms. The molecule has 0 radical (unpaired) electrons. The van der Waals surface area contributed by atoms with Crippen LogP contribution in [0.15, 0.2) is 12.1 Å². The van der Waals surface area contributed by atoms with Crippen LogP contribution in [-0.2, 0) is 17.8 Å². The maximum Gasteiger partial charge on any atom is 0.141 e. The molecule has 0 aliphatic heterocycles. The fourth-order valence-electron chi connectivity index (χ4n) is 2.13. The van der Waals surface area contributed by atoms with Gasteiger partial charge in [0.25, 0.3) is 0 Å². The van der Waals surface area contributed by atoms with Crippen LogP contribution in [0.4, 0.5) is 0 Å². The molecule has 1 aliphatic carbocycles. The molecule has 2 N–H and O–H groups in total. The van der Waals surface area contributed by atoms with Crippen molar-refractivity contribution in [3.8, 4) is 5.75 Å². The first-order valence-electron chi connectivity index (χ1n) is 7.46. The lowest BCUT2D eigenvalue weighted by Gasteiger charge is -2.14. The van der Waals surface area contributed by atoms with Gasteiger partial charge in [0.15, 0.2) is 0 Å². The standard InChI is InChI=1S/C16H24ClNO2/c1-2-7-20-16-14(5-6-18)8-13(9-15(16)17)11-19-10-12-3-4-12/h8-9,12H,2-7,10-11,18H2,1H3. The average Bonchev–Trinajstić information content (AvgIpc) is 3.22. The molecule has 1 aromatic rings. The smallest absolute Gasteiger partial charge is 0.141 e. The van der Waals surface area contributed by atoms with E-state index in [1.165, 1.54) is 12.8 Å². The van der Waals surface area contributed by atoms with Gasteiger partial charge in [-0.05, 0) is 61.4 Å². The summed E-state index contributed by atoms with van der Waals surface area (Å²) in [5.41, 5.74) is 7.86. The molecule has 2 rings (SSSR count). The summed E-state index contributed by atoms with van der Waals surface area (Å²) in [4.78, 5) is 0.